The Hall–Kier alpha value is -2.57. The third-order valence-electron chi connectivity index (χ3n) is 6.30. The standard InChI is InChI=1S/C22H24F3N3O/c1-28(18-12-16(23)13-26-14-18)22(11-6-15-4-2-3-5-19(15)22)20(29)27-17-7-9-21(24,25)10-8-17/h2-5,12-14,17H,6-11H2,1H3,(H,27,29). The minimum atomic E-state index is -2.65. The van der Waals surface area contributed by atoms with Crippen molar-refractivity contribution in [1.29, 1.82) is 0 Å². The van der Waals surface area contributed by atoms with E-state index in [1.54, 1.807) is 11.9 Å². The van der Waals surface area contributed by atoms with Crippen molar-refractivity contribution in [2.75, 3.05) is 11.9 Å². The number of pyridine rings is 1. The summed E-state index contributed by atoms with van der Waals surface area (Å²) in [5.74, 6) is -3.36. The van der Waals surface area contributed by atoms with Crippen molar-refractivity contribution in [3.63, 3.8) is 0 Å². The van der Waals surface area contributed by atoms with Crippen molar-refractivity contribution in [3.05, 3.63) is 59.7 Å². The Kier molecular flexibility index (Phi) is 5.00. The molecule has 0 bridgehead atoms. The third kappa shape index (κ3) is 3.58. The zero-order valence-corrected chi connectivity index (χ0v) is 16.3. The largest absolute Gasteiger partial charge is 0.355 e. The Bertz CT molecular complexity index is 910. The molecule has 1 heterocycles. The Balaban J connectivity index is 1.68. The van der Waals surface area contributed by atoms with E-state index in [1.165, 1.54) is 12.3 Å². The van der Waals surface area contributed by atoms with Crippen LogP contribution in [0.25, 0.3) is 0 Å². The molecule has 2 aliphatic carbocycles. The highest BCUT2D eigenvalue weighted by Crippen LogP contribution is 2.44. The van der Waals surface area contributed by atoms with E-state index in [-0.39, 0.29) is 37.6 Å². The number of alkyl halides is 2. The van der Waals surface area contributed by atoms with Crippen LogP contribution < -0.4 is 10.2 Å². The number of hydrogen-bond acceptors (Lipinski definition) is 3. The van der Waals surface area contributed by atoms with E-state index < -0.39 is 17.3 Å². The normalized spacial score (nSPS) is 23.4. The van der Waals surface area contributed by atoms with Gasteiger partial charge in [0.25, 0.3) is 5.91 Å². The van der Waals surface area contributed by atoms with Gasteiger partial charge in [0.05, 0.1) is 18.1 Å². The predicted octanol–water partition coefficient (Wildman–Crippen LogP) is 4.19. The van der Waals surface area contributed by atoms with Crippen LogP contribution in [-0.2, 0) is 16.8 Å². The summed E-state index contributed by atoms with van der Waals surface area (Å²) in [6, 6.07) is 8.78. The molecule has 2 aromatic rings. The van der Waals surface area contributed by atoms with Crippen LogP contribution in [0.5, 0.6) is 0 Å². The zero-order valence-electron chi connectivity index (χ0n) is 16.3. The van der Waals surface area contributed by atoms with E-state index in [9.17, 15) is 18.0 Å². The highest BCUT2D eigenvalue weighted by atomic mass is 19.3. The minimum absolute atomic E-state index is 0.217. The number of carbonyl (C=O) groups is 1. The molecule has 0 radical (unpaired) electrons. The van der Waals surface area contributed by atoms with Crippen LogP contribution in [0, 0.1) is 5.82 Å². The van der Waals surface area contributed by atoms with Crippen LogP contribution in [0.4, 0.5) is 18.9 Å². The average Bonchev–Trinajstić information content (AvgIpc) is 3.10. The SMILES string of the molecule is CN(c1cncc(F)c1)C1(C(=O)NC2CCC(F)(F)CC2)CCc2ccccc21. The smallest absolute Gasteiger partial charge is 0.250 e. The van der Waals surface area contributed by atoms with Gasteiger partial charge in [-0.3, -0.25) is 9.78 Å². The maximum Gasteiger partial charge on any atom is 0.250 e. The Morgan fingerprint density at radius 2 is 1.90 bits per heavy atom. The van der Waals surface area contributed by atoms with Crippen molar-refractivity contribution < 1.29 is 18.0 Å². The van der Waals surface area contributed by atoms with Gasteiger partial charge in [0, 0.05) is 32.0 Å². The molecule has 1 atom stereocenters. The van der Waals surface area contributed by atoms with E-state index in [4.69, 9.17) is 0 Å². The van der Waals surface area contributed by atoms with E-state index in [1.807, 2.05) is 24.3 Å². The number of nitrogens with one attached hydrogen (secondary N) is 1. The van der Waals surface area contributed by atoms with Gasteiger partial charge < -0.3 is 10.2 Å². The first-order valence-corrected chi connectivity index (χ1v) is 9.93. The van der Waals surface area contributed by atoms with Crippen molar-refractivity contribution >= 4 is 11.6 Å². The number of nitrogens with zero attached hydrogens (tertiary/aromatic N) is 2. The number of amides is 1. The maximum atomic E-state index is 13.8. The summed E-state index contributed by atoms with van der Waals surface area (Å²) < 4.78 is 40.8. The molecule has 1 amide bonds. The summed E-state index contributed by atoms with van der Waals surface area (Å²) >= 11 is 0. The first-order valence-electron chi connectivity index (χ1n) is 9.93. The molecule has 29 heavy (non-hydrogen) atoms. The summed E-state index contributed by atoms with van der Waals surface area (Å²) in [4.78, 5) is 19.3. The van der Waals surface area contributed by atoms with Gasteiger partial charge in [-0.2, -0.15) is 0 Å². The molecule has 1 unspecified atom stereocenters. The number of likely N-dealkylation sites (N-methyl/N-ethyl adjacent to an activating group) is 1. The molecular formula is C22H24F3N3O. The molecule has 7 heteroatoms. The number of rotatable bonds is 4. The van der Waals surface area contributed by atoms with Crippen molar-refractivity contribution in [1.82, 2.24) is 10.3 Å². The monoisotopic (exact) mass is 403 g/mol. The van der Waals surface area contributed by atoms with E-state index in [0.717, 1.165) is 17.3 Å². The quantitative estimate of drug-likeness (QED) is 0.833. The highest BCUT2D eigenvalue weighted by Gasteiger charge is 2.49. The van der Waals surface area contributed by atoms with Crippen molar-refractivity contribution in [2.24, 2.45) is 0 Å². The lowest BCUT2D eigenvalue weighted by Crippen LogP contribution is -2.56. The number of benzene rings is 1. The fraction of sp³-hybridized carbons (Fsp3) is 0.455. The fourth-order valence-corrected chi connectivity index (χ4v) is 4.62. The van der Waals surface area contributed by atoms with Gasteiger partial charge in [0.1, 0.15) is 11.4 Å². The zero-order chi connectivity index (χ0) is 20.6. The van der Waals surface area contributed by atoms with Crippen molar-refractivity contribution in [2.45, 2.75) is 56.0 Å². The minimum Gasteiger partial charge on any atom is -0.355 e. The lowest BCUT2D eigenvalue weighted by molar-refractivity contribution is -0.128. The lowest BCUT2D eigenvalue weighted by atomic mass is 9.86. The van der Waals surface area contributed by atoms with Gasteiger partial charge in [-0.15, -0.1) is 0 Å². The number of fused-ring (bicyclic) bond motifs is 1. The third-order valence-corrected chi connectivity index (χ3v) is 6.30. The molecule has 1 N–H and O–H groups in total. The van der Waals surface area contributed by atoms with E-state index in [2.05, 4.69) is 10.3 Å². The van der Waals surface area contributed by atoms with E-state index >= 15 is 0 Å². The van der Waals surface area contributed by atoms with Crippen LogP contribution in [0.3, 0.4) is 0 Å². The second-order valence-electron chi connectivity index (χ2n) is 8.04. The first kappa shape index (κ1) is 19.7. The summed E-state index contributed by atoms with van der Waals surface area (Å²) in [6.45, 7) is 0. The average molecular weight is 403 g/mol. The number of aryl methyl sites for hydroxylation is 1. The lowest BCUT2D eigenvalue weighted by Gasteiger charge is -2.41. The predicted molar refractivity (Wildman–Crippen MR) is 104 cm³/mol. The van der Waals surface area contributed by atoms with Crippen LogP contribution in [-0.4, -0.2) is 29.9 Å². The topological polar surface area (TPSA) is 45.2 Å². The highest BCUT2D eigenvalue weighted by molar-refractivity contribution is 5.93. The summed E-state index contributed by atoms with van der Waals surface area (Å²) in [5.41, 5.74) is 1.39. The maximum absolute atomic E-state index is 13.8. The van der Waals surface area contributed by atoms with Crippen LogP contribution in [0.2, 0.25) is 0 Å². The molecule has 0 saturated heterocycles. The molecule has 1 aromatic carbocycles. The van der Waals surface area contributed by atoms with Crippen molar-refractivity contribution in [3.8, 4) is 0 Å². The van der Waals surface area contributed by atoms with Crippen LogP contribution in [0.15, 0.2) is 42.7 Å². The molecule has 1 fully saturated rings. The molecule has 154 valence electrons. The fourth-order valence-electron chi connectivity index (χ4n) is 4.62. The molecule has 1 aromatic heterocycles. The summed E-state index contributed by atoms with van der Waals surface area (Å²) in [6.07, 6.45) is 3.95. The van der Waals surface area contributed by atoms with E-state index in [0.29, 0.717) is 18.5 Å². The number of halogens is 3. The molecule has 0 aliphatic heterocycles. The van der Waals surface area contributed by atoms with Gasteiger partial charge in [-0.25, -0.2) is 13.2 Å². The molecule has 1 saturated carbocycles. The summed E-state index contributed by atoms with van der Waals surface area (Å²) in [7, 11) is 1.76. The van der Waals surface area contributed by atoms with Crippen LogP contribution >= 0.6 is 0 Å². The Labute approximate surface area is 168 Å². The Morgan fingerprint density at radius 3 is 2.62 bits per heavy atom. The number of aromatic nitrogens is 1. The number of carbonyl (C=O) groups excluding carboxylic acids is 1. The second kappa shape index (κ2) is 7.35. The van der Waals surface area contributed by atoms with Gasteiger partial charge in [0.15, 0.2) is 0 Å². The summed E-state index contributed by atoms with van der Waals surface area (Å²) in [5, 5.41) is 3.02. The molecular weight excluding hydrogens is 379 g/mol. The van der Waals surface area contributed by atoms with Gasteiger partial charge in [0.2, 0.25) is 5.92 Å². The second-order valence-corrected chi connectivity index (χ2v) is 8.04. The number of anilines is 1. The molecule has 4 nitrogen and oxygen atoms in total. The first-order chi connectivity index (χ1) is 13.8. The van der Waals surface area contributed by atoms with Gasteiger partial charge in [-0.05, 0) is 36.8 Å². The van der Waals surface area contributed by atoms with Gasteiger partial charge in [-0.1, -0.05) is 24.3 Å². The van der Waals surface area contributed by atoms with Gasteiger partial charge >= 0.3 is 0 Å². The molecule has 4 rings (SSSR count). The molecule has 0 spiro atoms. The van der Waals surface area contributed by atoms with Crippen LogP contribution in [0.1, 0.15) is 43.2 Å². The Morgan fingerprint density at radius 1 is 1.17 bits per heavy atom. The number of hydrogen-bond donors (Lipinski definition) is 1. The molecule has 2 aliphatic rings.